The standard InChI is InChI=1S/C17H28N2O2/c1-4-18-13-15-5-7-16(8-6-15)20-11-9-19-10-12-21-17(2,3)14-19/h5-8,18H,4,9-14H2,1-3H3. The molecule has 0 spiro atoms. The molecule has 118 valence electrons. The molecule has 0 unspecified atom stereocenters. The van der Waals surface area contributed by atoms with Crippen molar-refractivity contribution in [1.82, 2.24) is 10.2 Å². The first kappa shape index (κ1) is 16.3. The molecule has 0 atom stereocenters. The fourth-order valence-electron chi connectivity index (χ4n) is 2.57. The summed E-state index contributed by atoms with van der Waals surface area (Å²) >= 11 is 0. The molecule has 0 amide bonds. The van der Waals surface area contributed by atoms with E-state index in [0.717, 1.165) is 51.7 Å². The van der Waals surface area contributed by atoms with Crippen molar-refractivity contribution >= 4 is 0 Å². The Kier molecular flexibility index (Phi) is 6.03. The Morgan fingerprint density at radius 1 is 1.29 bits per heavy atom. The Balaban J connectivity index is 1.70. The number of rotatable bonds is 7. The van der Waals surface area contributed by atoms with E-state index in [1.165, 1.54) is 5.56 Å². The van der Waals surface area contributed by atoms with Crippen LogP contribution in [-0.4, -0.2) is 49.9 Å². The van der Waals surface area contributed by atoms with Gasteiger partial charge in [-0.05, 0) is 38.1 Å². The molecule has 2 rings (SSSR count). The minimum absolute atomic E-state index is 0.0355. The van der Waals surface area contributed by atoms with Crippen molar-refractivity contribution in [3.05, 3.63) is 29.8 Å². The second kappa shape index (κ2) is 7.78. The van der Waals surface area contributed by atoms with Crippen molar-refractivity contribution in [3.63, 3.8) is 0 Å². The summed E-state index contributed by atoms with van der Waals surface area (Å²) in [6.45, 7) is 12.8. The Morgan fingerprint density at radius 3 is 2.71 bits per heavy atom. The Hall–Kier alpha value is -1.10. The second-order valence-corrected chi connectivity index (χ2v) is 6.16. The van der Waals surface area contributed by atoms with Gasteiger partial charge in [-0.15, -0.1) is 0 Å². The van der Waals surface area contributed by atoms with Crippen LogP contribution in [0.4, 0.5) is 0 Å². The van der Waals surface area contributed by atoms with Crippen LogP contribution in [0.1, 0.15) is 26.3 Å². The van der Waals surface area contributed by atoms with E-state index in [9.17, 15) is 0 Å². The molecule has 1 fully saturated rings. The van der Waals surface area contributed by atoms with Crippen LogP contribution in [0.5, 0.6) is 5.75 Å². The van der Waals surface area contributed by atoms with Gasteiger partial charge in [0.1, 0.15) is 12.4 Å². The maximum Gasteiger partial charge on any atom is 0.119 e. The lowest BCUT2D eigenvalue weighted by Gasteiger charge is -2.38. The average Bonchev–Trinajstić information content (AvgIpc) is 2.45. The van der Waals surface area contributed by atoms with E-state index in [1.807, 2.05) is 0 Å². The number of hydrogen-bond donors (Lipinski definition) is 1. The largest absolute Gasteiger partial charge is 0.492 e. The quantitative estimate of drug-likeness (QED) is 0.836. The van der Waals surface area contributed by atoms with Gasteiger partial charge in [0.15, 0.2) is 0 Å². The minimum atomic E-state index is -0.0355. The maximum absolute atomic E-state index is 5.83. The predicted octanol–water partition coefficient (Wildman–Crippen LogP) is 2.29. The van der Waals surface area contributed by atoms with Gasteiger partial charge in [0.2, 0.25) is 0 Å². The van der Waals surface area contributed by atoms with E-state index >= 15 is 0 Å². The van der Waals surface area contributed by atoms with Gasteiger partial charge in [-0.3, -0.25) is 4.90 Å². The molecular weight excluding hydrogens is 264 g/mol. The van der Waals surface area contributed by atoms with Crippen molar-refractivity contribution < 1.29 is 9.47 Å². The predicted molar refractivity (Wildman–Crippen MR) is 85.8 cm³/mol. The van der Waals surface area contributed by atoms with E-state index in [2.05, 4.69) is 55.3 Å². The highest BCUT2D eigenvalue weighted by molar-refractivity contribution is 5.27. The molecule has 1 aliphatic rings. The highest BCUT2D eigenvalue weighted by Gasteiger charge is 2.26. The Bertz CT molecular complexity index is 417. The van der Waals surface area contributed by atoms with Gasteiger partial charge in [-0.2, -0.15) is 0 Å². The summed E-state index contributed by atoms with van der Waals surface area (Å²) in [7, 11) is 0. The molecule has 1 aromatic carbocycles. The summed E-state index contributed by atoms with van der Waals surface area (Å²) in [6, 6.07) is 8.34. The smallest absolute Gasteiger partial charge is 0.119 e. The number of hydrogen-bond acceptors (Lipinski definition) is 4. The van der Waals surface area contributed by atoms with Gasteiger partial charge in [-0.25, -0.2) is 0 Å². The molecule has 1 saturated heterocycles. The van der Waals surface area contributed by atoms with Gasteiger partial charge in [0.25, 0.3) is 0 Å². The van der Waals surface area contributed by atoms with Crippen LogP contribution in [0.2, 0.25) is 0 Å². The van der Waals surface area contributed by atoms with Crippen LogP contribution < -0.4 is 10.1 Å². The Morgan fingerprint density at radius 2 is 2.05 bits per heavy atom. The number of benzene rings is 1. The molecule has 4 nitrogen and oxygen atoms in total. The topological polar surface area (TPSA) is 33.7 Å². The van der Waals surface area contributed by atoms with Crippen molar-refractivity contribution in [2.45, 2.75) is 32.9 Å². The zero-order chi connectivity index (χ0) is 15.1. The zero-order valence-corrected chi connectivity index (χ0v) is 13.5. The highest BCUT2D eigenvalue weighted by Crippen LogP contribution is 2.16. The first-order chi connectivity index (χ1) is 10.1. The summed E-state index contributed by atoms with van der Waals surface area (Å²) in [5.74, 6) is 0.947. The van der Waals surface area contributed by atoms with Crippen molar-refractivity contribution in [3.8, 4) is 5.75 Å². The number of nitrogens with one attached hydrogen (secondary N) is 1. The molecule has 21 heavy (non-hydrogen) atoms. The molecule has 1 aromatic rings. The third kappa shape index (κ3) is 5.65. The van der Waals surface area contributed by atoms with Crippen LogP contribution >= 0.6 is 0 Å². The summed E-state index contributed by atoms with van der Waals surface area (Å²) in [6.07, 6.45) is 0. The van der Waals surface area contributed by atoms with Crippen molar-refractivity contribution in [2.24, 2.45) is 0 Å². The summed E-state index contributed by atoms with van der Waals surface area (Å²) in [5, 5.41) is 3.32. The molecule has 0 aliphatic carbocycles. The Labute approximate surface area is 128 Å². The van der Waals surface area contributed by atoms with E-state index in [0.29, 0.717) is 0 Å². The lowest BCUT2D eigenvalue weighted by molar-refractivity contribution is -0.0875. The minimum Gasteiger partial charge on any atom is -0.492 e. The van der Waals surface area contributed by atoms with E-state index in [4.69, 9.17) is 9.47 Å². The number of ether oxygens (including phenoxy) is 2. The SMILES string of the molecule is CCNCc1ccc(OCCN2CCOC(C)(C)C2)cc1. The maximum atomic E-state index is 5.83. The molecule has 0 bridgehead atoms. The van der Waals surface area contributed by atoms with Crippen LogP contribution in [0.15, 0.2) is 24.3 Å². The fraction of sp³-hybridized carbons (Fsp3) is 0.647. The number of morpholine rings is 1. The first-order valence-corrected chi connectivity index (χ1v) is 7.88. The highest BCUT2D eigenvalue weighted by atomic mass is 16.5. The van der Waals surface area contributed by atoms with Gasteiger partial charge in [0.05, 0.1) is 12.2 Å². The van der Waals surface area contributed by atoms with Gasteiger partial charge >= 0.3 is 0 Å². The summed E-state index contributed by atoms with van der Waals surface area (Å²) in [5.41, 5.74) is 1.26. The van der Waals surface area contributed by atoms with Crippen LogP contribution in [0.25, 0.3) is 0 Å². The lowest BCUT2D eigenvalue weighted by atomic mass is 10.1. The molecule has 4 heteroatoms. The third-order valence-corrected chi connectivity index (χ3v) is 3.68. The van der Waals surface area contributed by atoms with Gasteiger partial charge in [0, 0.05) is 26.2 Å². The van der Waals surface area contributed by atoms with Crippen LogP contribution in [-0.2, 0) is 11.3 Å². The molecular formula is C17H28N2O2. The molecule has 1 heterocycles. The first-order valence-electron chi connectivity index (χ1n) is 7.88. The van der Waals surface area contributed by atoms with Crippen molar-refractivity contribution in [2.75, 3.05) is 39.4 Å². The molecule has 1 N–H and O–H groups in total. The number of nitrogens with zero attached hydrogens (tertiary/aromatic N) is 1. The van der Waals surface area contributed by atoms with Crippen molar-refractivity contribution in [1.29, 1.82) is 0 Å². The fourth-order valence-corrected chi connectivity index (χ4v) is 2.57. The molecule has 0 radical (unpaired) electrons. The van der Waals surface area contributed by atoms with Crippen LogP contribution in [0, 0.1) is 0 Å². The molecule has 0 aromatic heterocycles. The average molecular weight is 292 g/mol. The zero-order valence-electron chi connectivity index (χ0n) is 13.5. The van der Waals surface area contributed by atoms with Gasteiger partial charge < -0.3 is 14.8 Å². The van der Waals surface area contributed by atoms with E-state index < -0.39 is 0 Å². The normalized spacial score (nSPS) is 18.6. The van der Waals surface area contributed by atoms with Crippen LogP contribution in [0.3, 0.4) is 0 Å². The molecule has 1 aliphatic heterocycles. The van der Waals surface area contributed by atoms with E-state index in [-0.39, 0.29) is 5.60 Å². The van der Waals surface area contributed by atoms with E-state index in [1.54, 1.807) is 0 Å². The summed E-state index contributed by atoms with van der Waals surface area (Å²) < 4.78 is 11.6. The summed E-state index contributed by atoms with van der Waals surface area (Å²) in [4.78, 5) is 2.41. The second-order valence-electron chi connectivity index (χ2n) is 6.16. The third-order valence-electron chi connectivity index (χ3n) is 3.68. The monoisotopic (exact) mass is 292 g/mol. The van der Waals surface area contributed by atoms with Gasteiger partial charge in [-0.1, -0.05) is 19.1 Å². The molecule has 0 saturated carbocycles. The lowest BCUT2D eigenvalue weighted by Crippen LogP contribution is -2.49.